The fourth-order valence-corrected chi connectivity index (χ4v) is 4.16. The maximum Gasteiger partial charge on any atom is 0.257 e. The van der Waals surface area contributed by atoms with Gasteiger partial charge in [0, 0.05) is 25.5 Å². The minimum atomic E-state index is -0.230. The molecule has 0 aliphatic carbocycles. The van der Waals surface area contributed by atoms with Crippen LogP contribution in [0.15, 0.2) is 42.6 Å². The fraction of sp³-hybridized carbons (Fsp3) is 0.348. The molecule has 1 fully saturated rings. The second-order valence-corrected chi connectivity index (χ2v) is 7.80. The monoisotopic (exact) mass is 392 g/mol. The van der Waals surface area contributed by atoms with Crippen molar-refractivity contribution < 1.29 is 9.18 Å². The Morgan fingerprint density at radius 1 is 1.17 bits per heavy atom. The van der Waals surface area contributed by atoms with Crippen LogP contribution in [0, 0.1) is 19.7 Å². The quantitative estimate of drug-likeness (QED) is 0.671. The smallest absolute Gasteiger partial charge is 0.257 e. The number of carbonyl (C=O) groups excluding carboxylic acids is 1. The van der Waals surface area contributed by atoms with Crippen LogP contribution < -0.4 is 0 Å². The molecule has 0 radical (unpaired) electrons. The number of hydrogen-bond acceptors (Lipinski definition) is 3. The van der Waals surface area contributed by atoms with Crippen LogP contribution in [-0.2, 0) is 13.5 Å². The minimum Gasteiger partial charge on any atom is -0.330 e. The number of pyridine rings is 1. The first kappa shape index (κ1) is 19.3. The van der Waals surface area contributed by atoms with Gasteiger partial charge in [0.15, 0.2) is 0 Å². The first-order chi connectivity index (χ1) is 13.9. The fourth-order valence-electron chi connectivity index (χ4n) is 4.16. The standard InChI is InChI=1S/C23H25FN4O/c1-15-11-18(12-17-6-8-19(24)9-7-17)13-21(25-15)22-5-4-10-28(22)23(29)20-14-27(3)26-16(20)2/h6-9,11,13-14,22H,4-5,10,12H2,1-3H3. The van der Waals surface area contributed by atoms with Crippen molar-refractivity contribution in [1.82, 2.24) is 19.7 Å². The van der Waals surface area contributed by atoms with Gasteiger partial charge in [0.25, 0.3) is 5.91 Å². The number of carbonyl (C=O) groups is 1. The number of rotatable bonds is 4. The topological polar surface area (TPSA) is 51.0 Å². The van der Waals surface area contributed by atoms with Gasteiger partial charge >= 0.3 is 0 Å². The van der Waals surface area contributed by atoms with E-state index in [-0.39, 0.29) is 17.8 Å². The van der Waals surface area contributed by atoms with Crippen molar-refractivity contribution in [3.05, 3.63) is 82.2 Å². The average Bonchev–Trinajstić information content (AvgIpc) is 3.29. The van der Waals surface area contributed by atoms with Gasteiger partial charge < -0.3 is 4.90 Å². The molecule has 150 valence electrons. The number of likely N-dealkylation sites (tertiary alicyclic amines) is 1. The van der Waals surface area contributed by atoms with Crippen molar-refractivity contribution in [2.24, 2.45) is 7.05 Å². The molecule has 3 aromatic rings. The summed E-state index contributed by atoms with van der Waals surface area (Å²) in [6, 6.07) is 10.7. The molecule has 4 rings (SSSR count). The SMILES string of the molecule is Cc1cc(Cc2ccc(F)cc2)cc(C2CCCN2C(=O)c2cn(C)nc2C)n1. The predicted octanol–water partition coefficient (Wildman–Crippen LogP) is 4.14. The van der Waals surface area contributed by atoms with E-state index >= 15 is 0 Å². The van der Waals surface area contributed by atoms with Crippen LogP contribution in [0.2, 0.25) is 0 Å². The van der Waals surface area contributed by atoms with E-state index in [2.05, 4.69) is 17.2 Å². The lowest BCUT2D eigenvalue weighted by molar-refractivity contribution is 0.0732. The molecule has 1 aromatic carbocycles. The molecule has 1 aliphatic heterocycles. The summed E-state index contributed by atoms with van der Waals surface area (Å²) in [5.41, 5.74) is 5.42. The second-order valence-electron chi connectivity index (χ2n) is 7.80. The third kappa shape index (κ3) is 4.06. The zero-order valence-corrected chi connectivity index (χ0v) is 17.0. The molecule has 5 nitrogen and oxygen atoms in total. The molecule has 0 bridgehead atoms. The summed E-state index contributed by atoms with van der Waals surface area (Å²) in [7, 11) is 1.83. The first-order valence-electron chi connectivity index (χ1n) is 9.94. The van der Waals surface area contributed by atoms with Gasteiger partial charge in [-0.15, -0.1) is 0 Å². The zero-order valence-electron chi connectivity index (χ0n) is 17.0. The number of halogens is 1. The highest BCUT2D eigenvalue weighted by molar-refractivity contribution is 5.95. The van der Waals surface area contributed by atoms with Crippen LogP contribution in [-0.4, -0.2) is 32.1 Å². The van der Waals surface area contributed by atoms with Gasteiger partial charge in [-0.25, -0.2) is 4.39 Å². The number of amides is 1. The lowest BCUT2D eigenvalue weighted by Crippen LogP contribution is -2.31. The van der Waals surface area contributed by atoms with E-state index in [1.807, 2.05) is 25.8 Å². The Balaban J connectivity index is 1.61. The van der Waals surface area contributed by atoms with Crippen molar-refractivity contribution >= 4 is 5.91 Å². The van der Waals surface area contributed by atoms with Gasteiger partial charge in [0.05, 0.1) is 23.0 Å². The Hall–Kier alpha value is -3.02. The Kier molecular flexibility index (Phi) is 5.18. The first-order valence-corrected chi connectivity index (χ1v) is 9.94. The third-order valence-electron chi connectivity index (χ3n) is 5.45. The van der Waals surface area contributed by atoms with Crippen LogP contribution in [0.5, 0.6) is 0 Å². The van der Waals surface area contributed by atoms with E-state index in [0.29, 0.717) is 12.0 Å². The molecular weight excluding hydrogens is 367 g/mol. The third-order valence-corrected chi connectivity index (χ3v) is 5.45. The van der Waals surface area contributed by atoms with Crippen molar-refractivity contribution in [1.29, 1.82) is 0 Å². The Labute approximate surface area is 170 Å². The summed E-state index contributed by atoms with van der Waals surface area (Å²) in [5.74, 6) is -0.215. The minimum absolute atomic E-state index is 0.0153. The van der Waals surface area contributed by atoms with Crippen molar-refractivity contribution in [2.45, 2.75) is 39.2 Å². The molecule has 1 saturated heterocycles. The maximum absolute atomic E-state index is 13.2. The average molecular weight is 392 g/mol. The van der Waals surface area contributed by atoms with Gasteiger partial charge in [-0.05, 0) is 68.5 Å². The highest BCUT2D eigenvalue weighted by atomic mass is 19.1. The van der Waals surface area contributed by atoms with E-state index in [1.165, 1.54) is 12.1 Å². The van der Waals surface area contributed by atoms with Gasteiger partial charge in [-0.2, -0.15) is 5.10 Å². The van der Waals surface area contributed by atoms with Crippen LogP contribution >= 0.6 is 0 Å². The number of hydrogen-bond donors (Lipinski definition) is 0. The van der Waals surface area contributed by atoms with Crippen LogP contribution in [0.1, 0.15) is 57.5 Å². The molecule has 0 spiro atoms. The molecule has 29 heavy (non-hydrogen) atoms. The summed E-state index contributed by atoms with van der Waals surface area (Å²) in [4.78, 5) is 19.8. The molecule has 0 N–H and O–H groups in total. The largest absolute Gasteiger partial charge is 0.330 e. The normalized spacial score (nSPS) is 16.4. The van der Waals surface area contributed by atoms with E-state index < -0.39 is 0 Å². The number of benzene rings is 1. The molecule has 1 atom stereocenters. The number of aryl methyl sites for hydroxylation is 3. The summed E-state index contributed by atoms with van der Waals surface area (Å²) >= 11 is 0. The van der Waals surface area contributed by atoms with Crippen LogP contribution in [0.25, 0.3) is 0 Å². The van der Waals surface area contributed by atoms with Gasteiger partial charge in [0.2, 0.25) is 0 Å². The molecular formula is C23H25FN4O. The molecule has 1 aliphatic rings. The summed E-state index contributed by atoms with van der Waals surface area (Å²) in [5, 5.41) is 4.31. The van der Waals surface area contributed by atoms with Gasteiger partial charge in [-0.1, -0.05) is 12.1 Å². The maximum atomic E-state index is 13.2. The molecule has 0 saturated carbocycles. The molecule has 1 unspecified atom stereocenters. The number of aromatic nitrogens is 3. The van der Waals surface area contributed by atoms with Crippen LogP contribution in [0.3, 0.4) is 0 Å². The lowest BCUT2D eigenvalue weighted by Gasteiger charge is -2.25. The molecule has 3 heterocycles. The Bertz CT molecular complexity index is 1040. The number of nitrogens with zero attached hydrogens (tertiary/aromatic N) is 4. The van der Waals surface area contributed by atoms with Crippen molar-refractivity contribution in [3.63, 3.8) is 0 Å². The molecule has 2 aromatic heterocycles. The lowest BCUT2D eigenvalue weighted by atomic mass is 10.0. The zero-order chi connectivity index (χ0) is 20.5. The summed E-state index contributed by atoms with van der Waals surface area (Å²) < 4.78 is 14.9. The van der Waals surface area contributed by atoms with Crippen molar-refractivity contribution in [2.75, 3.05) is 6.54 Å². The second kappa shape index (κ2) is 7.78. The highest BCUT2D eigenvalue weighted by Crippen LogP contribution is 2.33. The predicted molar refractivity (Wildman–Crippen MR) is 109 cm³/mol. The van der Waals surface area contributed by atoms with Crippen molar-refractivity contribution in [3.8, 4) is 0 Å². The van der Waals surface area contributed by atoms with Crippen LogP contribution in [0.4, 0.5) is 4.39 Å². The van der Waals surface area contributed by atoms with E-state index in [1.54, 1.807) is 23.0 Å². The molecule has 1 amide bonds. The Morgan fingerprint density at radius 2 is 1.93 bits per heavy atom. The van der Waals surface area contributed by atoms with Gasteiger partial charge in [-0.3, -0.25) is 14.5 Å². The van der Waals surface area contributed by atoms with Gasteiger partial charge in [0.1, 0.15) is 5.82 Å². The highest BCUT2D eigenvalue weighted by Gasteiger charge is 2.33. The Morgan fingerprint density at radius 3 is 2.62 bits per heavy atom. The summed E-state index contributed by atoms with van der Waals surface area (Å²) in [6.07, 6.45) is 4.35. The molecule has 6 heteroatoms. The van der Waals surface area contributed by atoms with E-state index in [0.717, 1.165) is 47.6 Å². The van der Waals surface area contributed by atoms with E-state index in [4.69, 9.17) is 4.98 Å². The summed E-state index contributed by atoms with van der Waals surface area (Å²) in [6.45, 7) is 4.56. The van der Waals surface area contributed by atoms with E-state index in [9.17, 15) is 9.18 Å².